The van der Waals surface area contributed by atoms with Crippen molar-refractivity contribution >= 4 is 0 Å². The lowest BCUT2D eigenvalue weighted by Gasteiger charge is -2.26. The summed E-state index contributed by atoms with van der Waals surface area (Å²) in [7, 11) is 0. The molecule has 0 radical (unpaired) electrons. The Morgan fingerprint density at radius 2 is 2.10 bits per heavy atom. The molecule has 0 bridgehead atoms. The molecule has 0 amide bonds. The molecule has 0 aliphatic heterocycles. The fourth-order valence-corrected chi connectivity index (χ4v) is 2.55. The van der Waals surface area contributed by atoms with E-state index in [0.717, 1.165) is 31.3 Å². The third kappa shape index (κ3) is 5.21. The molecule has 114 valence electrons. The molecule has 1 N–H and O–H groups in total. The number of hydrogen-bond acceptors (Lipinski definition) is 4. The quantitative estimate of drug-likeness (QED) is 0.833. The molecule has 20 heavy (non-hydrogen) atoms. The molecule has 1 fully saturated rings. The van der Waals surface area contributed by atoms with Crippen molar-refractivity contribution in [2.75, 3.05) is 6.61 Å². The first-order valence-electron chi connectivity index (χ1n) is 7.87. The molecule has 1 aliphatic rings. The normalized spacial score (nSPS) is 23.4. The fraction of sp³-hybridized carbons (Fsp3) is 0.867. The van der Waals surface area contributed by atoms with Gasteiger partial charge in [-0.2, -0.15) is 0 Å². The Morgan fingerprint density at radius 3 is 2.80 bits per heavy atom. The number of hydrogen-bond donors (Lipinski definition) is 1. The van der Waals surface area contributed by atoms with Crippen LogP contribution in [-0.2, 0) is 17.8 Å². The monoisotopic (exact) mass is 280 g/mol. The van der Waals surface area contributed by atoms with Crippen LogP contribution in [-0.4, -0.2) is 33.7 Å². The Morgan fingerprint density at radius 1 is 1.35 bits per heavy atom. The number of nitrogens with one attached hydrogen (secondary N) is 1. The second-order valence-electron chi connectivity index (χ2n) is 6.26. The van der Waals surface area contributed by atoms with Crippen molar-refractivity contribution < 1.29 is 4.74 Å². The smallest absolute Gasteiger partial charge is 0.0964 e. The maximum Gasteiger partial charge on any atom is 0.0964 e. The van der Waals surface area contributed by atoms with E-state index >= 15 is 0 Å². The Balaban J connectivity index is 1.64. The molecule has 0 unspecified atom stereocenters. The minimum absolute atomic E-state index is 0.455. The second kappa shape index (κ2) is 7.74. The van der Waals surface area contributed by atoms with Crippen LogP contribution in [0.25, 0.3) is 0 Å². The molecule has 0 saturated heterocycles. The SMILES string of the molecule is CC1CCC(OCCn2cc(CNC(C)C)nn2)CC1. The van der Waals surface area contributed by atoms with E-state index in [0.29, 0.717) is 12.1 Å². The molecule has 1 heterocycles. The van der Waals surface area contributed by atoms with Crippen molar-refractivity contribution in [3.63, 3.8) is 0 Å². The average molecular weight is 280 g/mol. The van der Waals surface area contributed by atoms with E-state index in [9.17, 15) is 0 Å². The topological polar surface area (TPSA) is 52.0 Å². The molecule has 2 rings (SSSR count). The van der Waals surface area contributed by atoms with Crippen molar-refractivity contribution in [2.24, 2.45) is 5.92 Å². The van der Waals surface area contributed by atoms with Crippen LogP contribution in [0, 0.1) is 5.92 Å². The summed E-state index contributed by atoms with van der Waals surface area (Å²) in [4.78, 5) is 0. The van der Waals surface area contributed by atoms with E-state index in [1.54, 1.807) is 0 Å². The number of rotatable bonds is 7. The van der Waals surface area contributed by atoms with Gasteiger partial charge in [0.05, 0.1) is 24.9 Å². The van der Waals surface area contributed by atoms with E-state index in [1.807, 2.05) is 10.9 Å². The first kappa shape index (κ1) is 15.4. The summed E-state index contributed by atoms with van der Waals surface area (Å²) < 4.78 is 7.82. The highest BCUT2D eigenvalue weighted by atomic mass is 16.5. The van der Waals surface area contributed by atoms with Gasteiger partial charge in [-0.05, 0) is 31.6 Å². The predicted octanol–water partition coefficient (Wildman–Crippen LogP) is 2.37. The van der Waals surface area contributed by atoms with Gasteiger partial charge in [-0.1, -0.05) is 26.0 Å². The molecule has 5 heteroatoms. The third-order valence-electron chi connectivity index (χ3n) is 3.91. The van der Waals surface area contributed by atoms with Crippen molar-refractivity contribution in [2.45, 2.75) is 71.7 Å². The van der Waals surface area contributed by atoms with Crippen LogP contribution in [0.5, 0.6) is 0 Å². The summed E-state index contributed by atoms with van der Waals surface area (Å²) in [5.41, 5.74) is 0.991. The van der Waals surface area contributed by atoms with E-state index in [1.165, 1.54) is 25.7 Å². The van der Waals surface area contributed by atoms with Crippen molar-refractivity contribution in [1.29, 1.82) is 0 Å². The van der Waals surface area contributed by atoms with Gasteiger partial charge in [0, 0.05) is 18.8 Å². The van der Waals surface area contributed by atoms with Crippen LogP contribution in [0.1, 0.15) is 52.1 Å². The average Bonchev–Trinajstić information content (AvgIpc) is 2.87. The minimum atomic E-state index is 0.455. The van der Waals surface area contributed by atoms with Crippen LogP contribution in [0.15, 0.2) is 6.20 Å². The first-order chi connectivity index (χ1) is 9.63. The fourth-order valence-electron chi connectivity index (χ4n) is 2.55. The summed E-state index contributed by atoms with van der Waals surface area (Å²) in [6.45, 7) is 8.89. The summed E-state index contributed by atoms with van der Waals surface area (Å²) >= 11 is 0. The van der Waals surface area contributed by atoms with Crippen LogP contribution >= 0.6 is 0 Å². The predicted molar refractivity (Wildman–Crippen MR) is 79.4 cm³/mol. The third-order valence-corrected chi connectivity index (χ3v) is 3.91. The van der Waals surface area contributed by atoms with Gasteiger partial charge in [0.25, 0.3) is 0 Å². The van der Waals surface area contributed by atoms with Gasteiger partial charge in [0.1, 0.15) is 0 Å². The van der Waals surface area contributed by atoms with E-state index in [2.05, 4.69) is 36.4 Å². The van der Waals surface area contributed by atoms with Gasteiger partial charge < -0.3 is 10.1 Å². The Labute approximate surface area is 122 Å². The van der Waals surface area contributed by atoms with E-state index in [4.69, 9.17) is 4.74 Å². The lowest BCUT2D eigenvalue weighted by atomic mass is 9.89. The lowest BCUT2D eigenvalue weighted by molar-refractivity contribution is 0.0145. The highest BCUT2D eigenvalue weighted by Gasteiger charge is 2.18. The van der Waals surface area contributed by atoms with Gasteiger partial charge in [-0.15, -0.1) is 5.10 Å². The molecule has 1 aromatic heterocycles. The molecule has 0 aromatic carbocycles. The van der Waals surface area contributed by atoms with Gasteiger partial charge in [0.15, 0.2) is 0 Å². The van der Waals surface area contributed by atoms with E-state index in [-0.39, 0.29) is 0 Å². The molecule has 1 saturated carbocycles. The largest absolute Gasteiger partial charge is 0.376 e. The van der Waals surface area contributed by atoms with Gasteiger partial charge in [0.2, 0.25) is 0 Å². The summed E-state index contributed by atoms with van der Waals surface area (Å²) in [5, 5.41) is 11.6. The Hall–Kier alpha value is -0.940. The number of aromatic nitrogens is 3. The second-order valence-corrected chi connectivity index (χ2v) is 6.26. The summed E-state index contributed by atoms with van der Waals surface area (Å²) in [5.74, 6) is 0.876. The zero-order chi connectivity index (χ0) is 14.4. The first-order valence-corrected chi connectivity index (χ1v) is 7.87. The molecule has 1 aliphatic carbocycles. The zero-order valence-corrected chi connectivity index (χ0v) is 13.0. The van der Waals surface area contributed by atoms with Crippen molar-refractivity contribution in [3.8, 4) is 0 Å². The van der Waals surface area contributed by atoms with Gasteiger partial charge in [-0.3, -0.25) is 0 Å². The molecule has 0 spiro atoms. The molecular weight excluding hydrogens is 252 g/mol. The Kier molecular flexibility index (Phi) is 5.98. The molecule has 0 atom stereocenters. The van der Waals surface area contributed by atoms with Gasteiger partial charge >= 0.3 is 0 Å². The lowest BCUT2D eigenvalue weighted by Crippen LogP contribution is -2.22. The van der Waals surface area contributed by atoms with E-state index < -0.39 is 0 Å². The maximum atomic E-state index is 5.94. The Bertz CT molecular complexity index is 383. The van der Waals surface area contributed by atoms with Crippen LogP contribution in [0.2, 0.25) is 0 Å². The van der Waals surface area contributed by atoms with Crippen LogP contribution in [0.4, 0.5) is 0 Å². The van der Waals surface area contributed by atoms with Crippen molar-refractivity contribution in [3.05, 3.63) is 11.9 Å². The van der Waals surface area contributed by atoms with Crippen LogP contribution in [0.3, 0.4) is 0 Å². The van der Waals surface area contributed by atoms with Crippen LogP contribution < -0.4 is 5.32 Å². The number of ether oxygens (including phenoxy) is 1. The number of nitrogens with zero attached hydrogens (tertiary/aromatic N) is 3. The highest BCUT2D eigenvalue weighted by molar-refractivity contribution is 4.91. The zero-order valence-electron chi connectivity index (χ0n) is 13.0. The minimum Gasteiger partial charge on any atom is -0.376 e. The highest BCUT2D eigenvalue weighted by Crippen LogP contribution is 2.25. The molecular formula is C15H28N4O. The van der Waals surface area contributed by atoms with Crippen molar-refractivity contribution in [1.82, 2.24) is 20.3 Å². The van der Waals surface area contributed by atoms with Gasteiger partial charge in [-0.25, -0.2) is 4.68 Å². The summed E-state index contributed by atoms with van der Waals surface area (Å²) in [6, 6.07) is 0.470. The molecule has 1 aromatic rings. The maximum absolute atomic E-state index is 5.94. The summed E-state index contributed by atoms with van der Waals surface area (Å²) in [6.07, 6.45) is 7.49. The standard InChI is InChI=1S/C15H28N4O/c1-12(2)16-10-14-11-19(18-17-14)8-9-20-15-6-4-13(3)5-7-15/h11-13,15-16H,4-10H2,1-3H3. The molecule has 5 nitrogen and oxygen atoms in total.